The third kappa shape index (κ3) is 1.13. The minimum Gasteiger partial charge on any atom is -0.449 e. The van der Waals surface area contributed by atoms with Crippen LogP contribution >= 0.6 is 0 Å². The molecule has 10 heavy (non-hydrogen) atoms. The minimum atomic E-state index is -1.47. The van der Waals surface area contributed by atoms with Crippen molar-refractivity contribution in [3.63, 3.8) is 0 Å². The van der Waals surface area contributed by atoms with Crippen LogP contribution in [-0.4, -0.2) is 26.7 Å². The molecule has 1 heterocycles. The highest BCUT2D eigenvalue weighted by Crippen LogP contribution is 2.11. The van der Waals surface area contributed by atoms with Crippen LogP contribution in [0.25, 0.3) is 0 Å². The first-order valence-corrected chi connectivity index (χ1v) is 2.27. The molecule has 0 aliphatic rings. The van der Waals surface area contributed by atoms with Crippen LogP contribution in [0.3, 0.4) is 0 Å². The summed E-state index contributed by atoms with van der Waals surface area (Å²) in [6, 6.07) is 0. The van der Waals surface area contributed by atoms with E-state index in [2.05, 4.69) is 20.1 Å². The van der Waals surface area contributed by atoms with Gasteiger partial charge in [0, 0.05) is 0 Å². The molecule has 0 aromatic carbocycles. The third-order valence-corrected chi connectivity index (χ3v) is 0.725. The summed E-state index contributed by atoms with van der Waals surface area (Å²) in [5, 5.41) is 16.8. The monoisotopic (exact) mass is 144 g/mol. The van der Waals surface area contributed by atoms with E-state index in [0.29, 0.717) is 0 Å². The van der Waals surface area contributed by atoms with Crippen molar-refractivity contribution < 1.29 is 14.6 Å². The van der Waals surface area contributed by atoms with E-state index in [1.807, 2.05) is 0 Å². The van der Waals surface area contributed by atoms with Crippen molar-refractivity contribution >= 4 is 12.0 Å². The van der Waals surface area contributed by atoms with Gasteiger partial charge >= 0.3 is 6.16 Å². The van der Waals surface area contributed by atoms with E-state index in [0.717, 1.165) is 0 Å². The van der Waals surface area contributed by atoms with E-state index >= 15 is 0 Å². The number of aromatic amines is 1. The van der Waals surface area contributed by atoms with E-state index in [1.54, 1.807) is 0 Å². The van der Waals surface area contributed by atoms with Crippen LogP contribution in [0.15, 0.2) is 0 Å². The van der Waals surface area contributed by atoms with Gasteiger partial charge in [0.1, 0.15) is 0 Å². The van der Waals surface area contributed by atoms with Crippen LogP contribution in [0.4, 0.5) is 10.6 Å². The van der Waals surface area contributed by atoms with Gasteiger partial charge in [0.25, 0.3) is 5.88 Å². The molecule has 1 rings (SSSR count). The maximum Gasteiger partial charge on any atom is 0.512 e. The number of H-pyrrole nitrogens is 1. The van der Waals surface area contributed by atoms with Gasteiger partial charge in [-0.1, -0.05) is 0 Å². The molecule has 0 bridgehead atoms. The minimum absolute atomic E-state index is 0.0811. The molecule has 0 amide bonds. The predicted octanol–water partition coefficient (Wildman–Crippen LogP) is -0.556. The lowest BCUT2D eigenvalue weighted by atomic mass is 10.7. The van der Waals surface area contributed by atoms with Crippen molar-refractivity contribution in [3.8, 4) is 5.88 Å². The average molecular weight is 144 g/mol. The van der Waals surface area contributed by atoms with Gasteiger partial charge in [-0.3, -0.25) is 0 Å². The highest BCUT2D eigenvalue weighted by molar-refractivity contribution is 5.62. The summed E-state index contributed by atoms with van der Waals surface area (Å²) in [6.45, 7) is 0. The molecule has 1 aromatic heterocycles. The zero-order valence-electron chi connectivity index (χ0n) is 4.74. The molecule has 1 aromatic rings. The van der Waals surface area contributed by atoms with Crippen molar-refractivity contribution in [1.29, 1.82) is 0 Å². The van der Waals surface area contributed by atoms with Crippen molar-refractivity contribution in [2.24, 2.45) is 0 Å². The summed E-state index contributed by atoms with van der Waals surface area (Å²) >= 11 is 0. The topological polar surface area (TPSA) is 114 Å². The molecule has 7 heteroatoms. The molecule has 0 unspecified atom stereocenters. The van der Waals surface area contributed by atoms with Crippen LogP contribution in [0.2, 0.25) is 0 Å². The number of hydrogen-bond acceptors (Lipinski definition) is 5. The number of carboxylic acid groups (broad SMARTS) is 1. The Bertz CT molecular complexity index is 244. The van der Waals surface area contributed by atoms with E-state index in [-0.39, 0.29) is 11.7 Å². The Morgan fingerprint density at radius 3 is 2.80 bits per heavy atom. The fourth-order valence-corrected chi connectivity index (χ4v) is 0.387. The Hall–Kier alpha value is -1.79. The van der Waals surface area contributed by atoms with Crippen LogP contribution < -0.4 is 10.5 Å². The summed E-state index contributed by atoms with van der Waals surface area (Å²) in [5.74, 6) is -0.310. The number of ether oxygens (including phenoxy) is 1. The Balaban J connectivity index is 2.74. The molecule has 0 saturated heterocycles. The number of nitrogens with zero attached hydrogens (tertiary/aromatic N) is 2. The lowest BCUT2D eigenvalue weighted by Gasteiger charge is -1.90. The molecule has 0 fully saturated rings. The highest BCUT2D eigenvalue weighted by atomic mass is 16.7. The molecule has 0 atom stereocenters. The zero-order valence-corrected chi connectivity index (χ0v) is 4.74. The van der Waals surface area contributed by atoms with Crippen LogP contribution in [0.5, 0.6) is 5.88 Å². The second kappa shape index (κ2) is 2.21. The first-order valence-electron chi connectivity index (χ1n) is 2.27. The number of hydrogen-bond donors (Lipinski definition) is 3. The normalized spacial score (nSPS) is 9.20. The fourth-order valence-electron chi connectivity index (χ4n) is 0.387. The Labute approximate surface area is 54.8 Å². The van der Waals surface area contributed by atoms with E-state index < -0.39 is 6.16 Å². The summed E-state index contributed by atoms with van der Waals surface area (Å²) in [6.07, 6.45) is -1.47. The number of anilines is 1. The molecule has 0 aliphatic carbocycles. The quantitative estimate of drug-likeness (QED) is 0.455. The average Bonchev–Trinajstić information content (AvgIpc) is 2.15. The fraction of sp³-hybridized carbons (Fsp3) is 0. The van der Waals surface area contributed by atoms with Gasteiger partial charge in [-0.05, 0) is 0 Å². The van der Waals surface area contributed by atoms with Crippen LogP contribution in [0, 0.1) is 0 Å². The zero-order chi connectivity index (χ0) is 7.56. The third-order valence-electron chi connectivity index (χ3n) is 0.725. The SMILES string of the molecule is Nc1n[nH]nc1OC(=O)O. The number of nitrogen functional groups attached to an aromatic ring is 1. The molecule has 0 spiro atoms. The lowest BCUT2D eigenvalue weighted by molar-refractivity contribution is 0.143. The van der Waals surface area contributed by atoms with Gasteiger partial charge in [-0.15, -0.1) is 10.2 Å². The second-order valence-electron chi connectivity index (χ2n) is 1.38. The maximum absolute atomic E-state index is 9.86. The second-order valence-corrected chi connectivity index (χ2v) is 1.38. The van der Waals surface area contributed by atoms with Crippen molar-refractivity contribution in [1.82, 2.24) is 15.4 Å². The molecule has 0 radical (unpaired) electrons. The number of rotatable bonds is 1. The van der Waals surface area contributed by atoms with E-state index in [9.17, 15) is 4.79 Å². The molecular formula is C3H4N4O3. The van der Waals surface area contributed by atoms with E-state index in [1.165, 1.54) is 0 Å². The van der Waals surface area contributed by atoms with Crippen molar-refractivity contribution in [2.75, 3.05) is 5.73 Å². The van der Waals surface area contributed by atoms with Crippen LogP contribution in [0.1, 0.15) is 0 Å². The van der Waals surface area contributed by atoms with Gasteiger partial charge < -0.3 is 15.6 Å². The first kappa shape index (κ1) is 6.33. The number of nitrogens with two attached hydrogens (primary N) is 1. The number of carbonyl (C=O) groups is 1. The first-order chi connectivity index (χ1) is 4.70. The largest absolute Gasteiger partial charge is 0.512 e. The number of nitrogens with one attached hydrogen (secondary N) is 1. The summed E-state index contributed by atoms with van der Waals surface area (Å²) in [7, 11) is 0. The van der Waals surface area contributed by atoms with Gasteiger partial charge in [-0.2, -0.15) is 5.21 Å². The Kier molecular flexibility index (Phi) is 1.40. The van der Waals surface area contributed by atoms with Crippen molar-refractivity contribution in [3.05, 3.63) is 0 Å². The van der Waals surface area contributed by atoms with Gasteiger partial charge in [-0.25, -0.2) is 4.79 Å². The molecule has 0 saturated carbocycles. The van der Waals surface area contributed by atoms with E-state index in [4.69, 9.17) is 10.8 Å². The Morgan fingerprint density at radius 2 is 2.40 bits per heavy atom. The summed E-state index contributed by atoms with van der Waals surface area (Å²) in [4.78, 5) is 9.86. The lowest BCUT2D eigenvalue weighted by Crippen LogP contribution is -2.04. The smallest absolute Gasteiger partial charge is 0.449 e. The molecule has 54 valence electrons. The molecular weight excluding hydrogens is 140 g/mol. The summed E-state index contributed by atoms with van der Waals surface area (Å²) in [5.41, 5.74) is 5.10. The highest BCUT2D eigenvalue weighted by Gasteiger charge is 2.08. The molecule has 7 nitrogen and oxygen atoms in total. The Morgan fingerprint density at radius 1 is 1.70 bits per heavy atom. The molecule has 0 aliphatic heterocycles. The molecule has 4 N–H and O–H groups in total. The summed E-state index contributed by atoms with van der Waals surface area (Å²) < 4.78 is 4.07. The van der Waals surface area contributed by atoms with Gasteiger partial charge in [0.2, 0.25) is 5.82 Å². The van der Waals surface area contributed by atoms with Gasteiger partial charge in [0.05, 0.1) is 0 Å². The standard InChI is InChI=1S/C3H4N4O3/c4-1-2(6-7-5-1)10-3(8)9/h(H,8,9)(H3,4,5,6,7). The number of aromatic nitrogens is 3. The predicted molar refractivity (Wildman–Crippen MR) is 29.4 cm³/mol. The van der Waals surface area contributed by atoms with Crippen molar-refractivity contribution in [2.45, 2.75) is 0 Å². The maximum atomic E-state index is 9.86. The van der Waals surface area contributed by atoms with Crippen LogP contribution in [-0.2, 0) is 0 Å². The van der Waals surface area contributed by atoms with Gasteiger partial charge in [0.15, 0.2) is 0 Å².